The number of ether oxygens (including phenoxy) is 1. The van der Waals surface area contributed by atoms with Crippen LogP contribution in [0, 0.1) is 0 Å². The molecule has 2 heterocycles. The first kappa shape index (κ1) is 16.2. The van der Waals surface area contributed by atoms with Crippen LogP contribution in [0.15, 0.2) is 54.6 Å². The van der Waals surface area contributed by atoms with Crippen LogP contribution < -0.4 is 4.74 Å². The summed E-state index contributed by atoms with van der Waals surface area (Å²) in [5.74, 6) is 1.56. The van der Waals surface area contributed by atoms with Gasteiger partial charge in [0.25, 0.3) is 0 Å². The highest BCUT2D eigenvalue weighted by Crippen LogP contribution is 2.25. The molecule has 0 bridgehead atoms. The molecule has 0 aliphatic carbocycles. The Morgan fingerprint density at radius 1 is 1.15 bits per heavy atom. The lowest BCUT2D eigenvalue weighted by atomic mass is 10.1. The van der Waals surface area contributed by atoms with Gasteiger partial charge in [0, 0.05) is 18.5 Å². The molecule has 2 aromatic carbocycles. The summed E-state index contributed by atoms with van der Waals surface area (Å²) in [6, 6.07) is 17.8. The fraction of sp³-hybridized carbons (Fsp3) is 0.200. The Hall–Kier alpha value is -3.28. The summed E-state index contributed by atoms with van der Waals surface area (Å²) in [4.78, 5) is 20.4. The van der Waals surface area contributed by atoms with Crippen molar-refractivity contribution in [3.8, 4) is 17.1 Å². The van der Waals surface area contributed by atoms with Crippen molar-refractivity contribution in [3.05, 3.63) is 71.5 Å². The van der Waals surface area contributed by atoms with E-state index in [2.05, 4.69) is 9.97 Å². The highest BCUT2D eigenvalue weighted by atomic mass is 16.5. The first-order chi connectivity index (χ1) is 12.7. The highest BCUT2D eigenvalue weighted by molar-refractivity contribution is 5.65. The Morgan fingerprint density at radius 2 is 1.92 bits per heavy atom. The molecule has 26 heavy (non-hydrogen) atoms. The second-order valence-electron chi connectivity index (χ2n) is 6.26. The third-order valence-corrected chi connectivity index (χ3v) is 4.48. The topological polar surface area (TPSA) is 78.4 Å². The molecule has 0 fully saturated rings. The average Bonchev–Trinajstić information content (AvgIpc) is 3.11. The summed E-state index contributed by atoms with van der Waals surface area (Å²) in [6.45, 7) is 1.37. The van der Waals surface area contributed by atoms with Crippen LogP contribution in [0.3, 0.4) is 0 Å². The van der Waals surface area contributed by atoms with Crippen molar-refractivity contribution < 1.29 is 14.6 Å². The molecule has 4 rings (SSSR count). The van der Waals surface area contributed by atoms with Crippen molar-refractivity contribution in [2.45, 2.75) is 19.6 Å². The van der Waals surface area contributed by atoms with Crippen LogP contribution in [0.5, 0.6) is 5.75 Å². The third-order valence-electron chi connectivity index (χ3n) is 4.48. The van der Waals surface area contributed by atoms with Gasteiger partial charge in [0.1, 0.15) is 18.2 Å². The van der Waals surface area contributed by atoms with Crippen molar-refractivity contribution >= 4 is 6.09 Å². The lowest BCUT2D eigenvalue weighted by Gasteiger charge is -2.22. The minimum atomic E-state index is -0.897. The number of aromatic nitrogens is 2. The summed E-state index contributed by atoms with van der Waals surface area (Å²) in [6.07, 6.45) is -0.261. The maximum absolute atomic E-state index is 11.1. The summed E-state index contributed by atoms with van der Waals surface area (Å²) < 4.78 is 5.80. The molecule has 1 aromatic heterocycles. The average molecular weight is 349 g/mol. The Balaban J connectivity index is 1.45. The number of carbonyl (C=O) groups is 1. The second kappa shape index (κ2) is 6.92. The van der Waals surface area contributed by atoms with Crippen LogP contribution in [-0.2, 0) is 19.6 Å². The molecule has 1 amide bonds. The van der Waals surface area contributed by atoms with E-state index in [-0.39, 0.29) is 0 Å². The van der Waals surface area contributed by atoms with Crippen molar-refractivity contribution in [1.29, 1.82) is 0 Å². The molecule has 0 radical (unpaired) electrons. The van der Waals surface area contributed by atoms with Crippen LogP contribution in [0.2, 0.25) is 0 Å². The van der Waals surface area contributed by atoms with Crippen molar-refractivity contribution in [3.63, 3.8) is 0 Å². The van der Waals surface area contributed by atoms with Crippen molar-refractivity contribution in [2.75, 3.05) is 6.54 Å². The number of hydrogen-bond acceptors (Lipinski definition) is 3. The quantitative estimate of drug-likeness (QED) is 0.753. The number of fused-ring (bicyclic) bond motifs is 1. The highest BCUT2D eigenvalue weighted by Gasteiger charge is 2.23. The number of nitrogens with zero attached hydrogens (tertiary/aromatic N) is 2. The van der Waals surface area contributed by atoms with Gasteiger partial charge in [0.05, 0.1) is 17.9 Å². The van der Waals surface area contributed by atoms with Gasteiger partial charge < -0.3 is 19.7 Å². The fourth-order valence-corrected chi connectivity index (χ4v) is 3.04. The standard InChI is InChI=1S/C20H19N3O3/c24-20(25)23-11-10-17-18(12-23)22-19(21-17)15-6-8-16(9-7-15)26-13-14-4-2-1-3-5-14/h1-9H,10-13H2,(H,21,22)(H,24,25). The van der Waals surface area contributed by atoms with E-state index in [1.54, 1.807) is 0 Å². The maximum Gasteiger partial charge on any atom is 0.407 e. The van der Waals surface area contributed by atoms with Gasteiger partial charge in [-0.3, -0.25) is 0 Å². The fourth-order valence-electron chi connectivity index (χ4n) is 3.04. The lowest BCUT2D eigenvalue weighted by Crippen LogP contribution is -2.34. The monoisotopic (exact) mass is 349 g/mol. The molecular formula is C20H19N3O3. The number of amides is 1. The number of carboxylic acid groups (broad SMARTS) is 1. The second-order valence-corrected chi connectivity index (χ2v) is 6.26. The van der Waals surface area contributed by atoms with Crippen LogP contribution in [0.1, 0.15) is 17.0 Å². The third kappa shape index (κ3) is 3.39. The van der Waals surface area contributed by atoms with E-state index in [9.17, 15) is 4.79 Å². The minimum absolute atomic E-state index is 0.357. The van der Waals surface area contributed by atoms with Crippen molar-refractivity contribution in [1.82, 2.24) is 14.9 Å². The van der Waals surface area contributed by atoms with Gasteiger partial charge in [-0.1, -0.05) is 30.3 Å². The number of nitrogens with one attached hydrogen (secondary N) is 1. The first-order valence-electron chi connectivity index (χ1n) is 8.52. The first-order valence-corrected chi connectivity index (χ1v) is 8.52. The number of aromatic amines is 1. The number of benzene rings is 2. The Labute approximate surface area is 151 Å². The van der Waals surface area contributed by atoms with Crippen LogP contribution in [0.25, 0.3) is 11.4 Å². The molecular weight excluding hydrogens is 330 g/mol. The van der Waals surface area contributed by atoms with Crippen LogP contribution in [-0.4, -0.2) is 32.6 Å². The summed E-state index contributed by atoms with van der Waals surface area (Å²) >= 11 is 0. The molecule has 2 N–H and O–H groups in total. The van der Waals surface area contributed by atoms with E-state index in [0.29, 0.717) is 26.1 Å². The summed E-state index contributed by atoms with van der Waals surface area (Å²) in [5.41, 5.74) is 3.89. The molecule has 0 unspecified atom stereocenters. The zero-order valence-electron chi connectivity index (χ0n) is 14.2. The number of H-pyrrole nitrogens is 1. The normalized spacial score (nSPS) is 13.3. The molecule has 3 aromatic rings. The maximum atomic E-state index is 11.1. The molecule has 1 aliphatic heterocycles. The summed E-state index contributed by atoms with van der Waals surface area (Å²) in [5, 5.41) is 9.13. The van der Waals surface area contributed by atoms with E-state index in [0.717, 1.165) is 34.1 Å². The molecule has 0 saturated heterocycles. The number of hydrogen-bond donors (Lipinski definition) is 2. The van der Waals surface area contributed by atoms with Crippen molar-refractivity contribution in [2.24, 2.45) is 0 Å². The van der Waals surface area contributed by atoms with Gasteiger partial charge in [0.15, 0.2) is 0 Å². The smallest absolute Gasteiger partial charge is 0.407 e. The zero-order valence-corrected chi connectivity index (χ0v) is 14.2. The SMILES string of the molecule is O=C(O)N1CCc2nc(-c3ccc(OCc4ccccc4)cc3)[nH]c2C1. The molecule has 0 saturated carbocycles. The molecule has 0 spiro atoms. The summed E-state index contributed by atoms with van der Waals surface area (Å²) in [7, 11) is 0. The van der Waals surface area contributed by atoms with E-state index in [4.69, 9.17) is 9.84 Å². The van der Waals surface area contributed by atoms with E-state index in [1.807, 2.05) is 54.6 Å². The van der Waals surface area contributed by atoms with E-state index < -0.39 is 6.09 Å². The Bertz CT molecular complexity index is 904. The van der Waals surface area contributed by atoms with Gasteiger partial charge in [-0.05, 0) is 29.8 Å². The van der Waals surface area contributed by atoms with Gasteiger partial charge in [-0.25, -0.2) is 9.78 Å². The zero-order chi connectivity index (χ0) is 17.9. The predicted molar refractivity (Wildman–Crippen MR) is 96.9 cm³/mol. The molecule has 6 nitrogen and oxygen atoms in total. The minimum Gasteiger partial charge on any atom is -0.489 e. The molecule has 0 atom stereocenters. The van der Waals surface area contributed by atoms with Gasteiger partial charge in [0.2, 0.25) is 0 Å². The van der Waals surface area contributed by atoms with Crippen LogP contribution >= 0.6 is 0 Å². The van der Waals surface area contributed by atoms with E-state index >= 15 is 0 Å². The molecule has 6 heteroatoms. The Kier molecular flexibility index (Phi) is 4.31. The molecule has 132 valence electrons. The molecule has 1 aliphatic rings. The number of rotatable bonds is 4. The van der Waals surface area contributed by atoms with Gasteiger partial charge >= 0.3 is 6.09 Å². The predicted octanol–water partition coefficient (Wildman–Crippen LogP) is 3.69. The van der Waals surface area contributed by atoms with Crippen LogP contribution in [0.4, 0.5) is 4.79 Å². The largest absolute Gasteiger partial charge is 0.489 e. The van der Waals surface area contributed by atoms with Gasteiger partial charge in [-0.15, -0.1) is 0 Å². The van der Waals surface area contributed by atoms with E-state index in [1.165, 1.54) is 4.90 Å². The van der Waals surface area contributed by atoms with Gasteiger partial charge in [-0.2, -0.15) is 0 Å². The lowest BCUT2D eigenvalue weighted by molar-refractivity contribution is 0.139. The Morgan fingerprint density at radius 3 is 2.65 bits per heavy atom. The number of imidazole rings is 1.